The number of fused-ring (bicyclic) bond motifs is 1. The Kier molecular flexibility index (Phi) is 3.38. The molecule has 1 aromatic carbocycles. The average molecular weight is 316 g/mol. The fourth-order valence-electron chi connectivity index (χ4n) is 2.17. The van der Waals surface area contributed by atoms with Crippen molar-refractivity contribution >= 4 is 38.3 Å². The summed E-state index contributed by atoms with van der Waals surface area (Å²) in [5.74, 6) is -0.424. The normalized spacial score (nSPS) is 10.8. The Morgan fingerprint density at radius 3 is 2.86 bits per heavy atom. The number of hydrogen-bond donors (Lipinski definition) is 1. The fourth-order valence-corrected chi connectivity index (χ4v) is 3.11. The number of benzene rings is 1. The van der Waals surface area contributed by atoms with Crippen molar-refractivity contribution in [2.24, 2.45) is 7.05 Å². The first-order chi connectivity index (χ1) is 10.5. The number of carbonyl (C=O) groups excluding carboxylic acids is 1. The summed E-state index contributed by atoms with van der Waals surface area (Å²) < 4.78 is 2.40. The summed E-state index contributed by atoms with van der Waals surface area (Å²) in [6.07, 6.45) is 1.30. The van der Waals surface area contributed by atoms with Gasteiger partial charge in [0.15, 0.2) is 5.13 Å². The molecule has 7 nitrogen and oxygen atoms in total. The number of anilines is 1. The van der Waals surface area contributed by atoms with Crippen LogP contribution in [0.15, 0.2) is 30.5 Å². The molecule has 0 aliphatic rings. The van der Waals surface area contributed by atoms with Crippen LogP contribution in [-0.4, -0.2) is 20.4 Å². The van der Waals surface area contributed by atoms with E-state index in [1.54, 1.807) is 7.05 Å². The van der Waals surface area contributed by atoms with Crippen LogP contribution >= 0.6 is 11.3 Å². The van der Waals surface area contributed by atoms with Crippen LogP contribution in [0.4, 0.5) is 10.8 Å². The van der Waals surface area contributed by atoms with Crippen LogP contribution in [0, 0.1) is 17.0 Å². The summed E-state index contributed by atoms with van der Waals surface area (Å²) in [5, 5.41) is 13.9. The Balaban J connectivity index is 1.89. The maximum atomic E-state index is 12.2. The van der Waals surface area contributed by atoms with Crippen LogP contribution < -0.4 is 5.32 Å². The SMILES string of the molecule is Cc1cccc2sc(NC(=O)c3cc([N+](=O)[O-])cn3C)nc12. The van der Waals surface area contributed by atoms with Gasteiger partial charge in [-0.3, -0.25) is 20.2 Å². The van der Waals surface area contributed by atoms with Gasteiger partial charge in [-0.2, -0.15) is 0 Å². The number of thiazole rings is 1. The van der Waals surface area contributed by atoms with Crippen LogP contribution in [0.1, 0.15) is 16.1 Å². The molecule has 0 radical (unpaired) electrons. The van der Waals surface area contributed by atoms with E-state index in [1.165, 1.54) is 28.2 Å². The molecule has 0 bridgehead atoms. The van der Waals surface area contributed by atoms with E-state index in [1.807, 2.05) is 25.1 Å². The number of hydrogen-bond acceptors (Lipinski definition) is 5. The molecule has 1 amide bonds. The average Bonchev–Trinajstić information content (AvgIpc) is 3.03. The first kappa shape index (κ1) is 14.2. The molecule has 0 fully saturated rings. The molecule has 0 saturated carbocycles. The molecule has 112 valence electrons. The Bertz CT molecular complexity index is 897. The lowest BCUT2D eigenvalue weighted by Gasteiger charge is -2.01. The molecule has 2 aromatic heterocycles. The second-order valence-corrected chi connectivity index (χ2v) is 5.88. The summed E-state index contributed by atoms with van der Waals surface area (Å²) in [7, 11) is 1.59. The van der Waals surface area contributed by atoms with Crippen molar-refractivity contribution in [2.45, 2.75) is 6.92 Å². The lowest BCUT2D eigenvalue weighted by molar-refractivity contribution is -0.384. The van der Waals surface area contributed by atoms with Gasteiger partial charge in [0.2, 0.25) is 0 Å². The van der Waals surface area contributed by atoms with Gasteiger partial charge in [0.05, 0.1) is 21.3 Å². The Hall–Kier alpha value is -2.74. The molecular weight excluding hydrogens is 304 g/mol. The molecule has 2 heterocycles. The lowest BCUT2D eigenvalue weighted by Crippen LogP contribution is -2.15. The van der Waals surface area contributed by atoms with E-state index >= 15 is 0 Å². The quantitative estimate of drug-likeness (QED) is 0.594. The van der Waals surface area contributed by atoms with E-state index in [-0.39, 0.29) is 11.4 Å². The summed E-state index contributed by atoms with van der Waals surface area (Å²) in [4.78, 5) is 26.9. The summed E-state index contributed by atoms with van der Waals surface area (Å²) in [6, 6.07) is 7.06. The molecule has 0 atom stereocenters. The third kappa shape index (κ3) is 2.44. The molecule has 3 aromatic rings. The zero-order valence-corrected chi connectivity index (χ0v) is 12.7. The highest BCUT2D eigenvalue weighted by molar-refractivity contribution is 7.22. The number of nitrogens with zero attached hydrogens (tertiary/aromatic N) is 3. The van der Waals surface area contributed by atoms with Crippen molar-refractivity contribution in [3.8, 4) is 0 Å². The maximum Gasteiger partial charge on any atom is 0.287 e. The van der Waals surface area contributed by atoms with Gasteiger partial charge in [-0.05, 0) is 18.6 Å². The van der Waals surface area contributed by atoms with Crippen LogP contribution in [-0.2, 0) is 7.05 Å². The smallest absolute Gasteiger partial charge is 0.287 e. The molecular formula is C14H12N4O3S. The number of aromatic nitrogens is 2. The minimum atomic E-state index is -0.530. The lowest BCUT2D eigenvalue weighted by atomic mass is 10.2. The van der Waals surface area contributed by atoms with E-state index in [4.69, 9.17) is 0 Å². The number of para-hydroxylation sites is 1. The number of nitrogens with one attached hydrogen (secondary N) is 1. The minimum Gasteiger partial charge on any atom is -0.340 e. The Morgan fingerprint density at radius 1 is 1.45 bits per heavy atom. The highest BCUT2D eigenvalue weighted by atomic mass is 32.1. The zero-order valence-electron chi connectivity index (χ0n) is 11.9. The molecule has 0 saturated heterocycles. The summed E-state index contributed by atoms with van der Waals surface area (Å²) in [5.41, 5.74) is 1.97. The first-order valence-corrected chi connectivity index (χ1v) is 7.25. The van der Waals surface area contributed by atoms with Gasteiger partial charge in [0.25, 0.3) is 11.6 Å². The van der Waals surface area contributed by atoms with E-state index in [9.17, 15) is 14.9 Å². The second kappa shape index (κ2) is 5.23. The number of rotatable bonds is 3. The third-order valence-electron chi connectivity index (χ3n) is 3.28. The van der Waals surface area contributed by atoms with Gasteiger partial charge >= 0.3 is 0 Å². The third-order valence-corrected chi connectivity index (χ3v) is 4.21. The van der Waals surface area contributed by atoms with E-state index in [0.29, 0.717) is 5.13 Å². The summed E-state index contributed by atoms with van der Waals surface area (Å²) >= 11 is 1.37. The first-order valence-electron chi connectivity index (χ1n) is 6.44. The van der Waals surface area contributed by atoms with Crippen LogP contribution in [0.5, 0.6) is 0 Å². The van der Waals surface area contributed by atoms with Crippen LogP contribution in [0.25, 0.3) is 10.2 Å². The van der Waals surface area contributed by atoms with Crippen molar-refractivity contribution in [1.82, 2.24) is 9.55 Å². The van der Waals surface area contributed by atoms with Crippen molar-refractivity contribution in [3.63, 3.8) is 0 Å². The molecule has 0 spiro atoms. The molecule has 22 heavy (non-hydrogen) atoms. The monoisotopic (exact) mass is 316 g/mol. The van der Waals surface area contributed by atoms with Crippen molar-refractivity contribution in [1.29, 1.82) is 0 Å². The predicted octanol–water partition coefficient (Wildman–Crippen LogP) is 3.10. The number of carbonyl (C=O) groups is 1. The fraction of sp³-hybridized carbons (Fsp3) is 0.143. The van der Waals surface area contributed by atoms with Crippen molar-refractivity contribution in [2.75, 3.05) is 5.32 Å². The Labute approximate surface area is 129 Å². The maximum absolute atomic E-state index is 12.2. The zero-order chi connectivity index (χ0) is 15.9. The van der Waals surface area contributed by atoms with E-state index in [0.717, 1.165) is 15.8 Å². The Morgan fingerprint density at radius 2 is 2.23 bits per heavy atom. The van der Waals surface area contributed by atoms with Crippen molar-refractivity contribution in [3.05, 3.63) is 51.8 Å². The molecule has 1 N–H and O–H groups in total. The minimum absolute atomic E-state index is 0.118. The molecule has 3 rings (SSSR count). The molecule has 0 aliphatic carbocycles. The molecule has 0 aliphatic heterocycles. The second-order valence-electron chi connectivity index (χ2n) is 4.85. The number of nitro groups is 1. The standard InChI is InChI=1S/C14H12N4O3S/c1-8-4-3-5-11-12(8)15-14(22-11)16-13(19)10-6-9(18(20)21)7-17(10)2/h3-7H,1-2H3,(H,15,16,19). The van der Waals surface area contributed by atoms with Gasteiger partial charge in [0, 0.05) is 13.1 Å². The van der Waals surface area contributed by atoms with Gasteiger partial charge in [-0.25, -0.2) is 4.98 Å². The topological polar surface area (TPSA) is 90.1 Å². The molecule has 0 unspecified atom stereocenters. The van der Waals surface area contributed by atoms with E-state index in [2.05, 4.69) is 10.3 Å². The van der Waals surface area contributed by atoms with Crippen LogP contribution in [0.2, 0.25) is 0 Å². The number of aryl methyl sites for hydroxylation is 2. The highest BCUT2D eigenvalue weighted by Crippen LogP contribution is 2.28. The van der Waals surface area contributed by atoms with Gasteiger partial charge in [0.1, 0.15) is 5.69 Å². The van der Waals surface area contributed by atoms with Crippen LogP contribution in [0.3, 0.4) is 0 Å². The van der Waals surface area contributed by atoms with Gasteiger partial charge in [-0.1, -0.05) is 23.5 Å². The van der Waals surface area contributed by atoms with Gasteiger partial charge in [-0.15, -0.1) is 0 Å². The number of amides is 1. The predicted molar refractivity (Wildman–Crippen MR) is 84.4 cm³/mol. The highest BCUT2D eigenvalue weighted by Gasteiger charge is 2.18. The molecule has 8 heteroatoms. The largest absolute Gasteiger partial charge is 0.340 e. The van der Waals surface area contributed by atoms with Crippen molar-refractivity contribution < 1.29 is 9.72 Å². The summed E-state index contributed by atoms with van der Waals surface area (Å²) in [6.45, 7) is 1.95. The van der Waals surface area contributed by atoms with E-state index < -0.39 is 10.8 Å². The van der Waals surface area contributed by atoms with Gasteiger partial charge < -0.3 is 4.57 Å².